The maximum Gasteiger partial charge on any atom is 0.147 e. The predicted octanol–water partition coefficient (Wildman–Crippen LogP) is 1.66. The first kappa shape index (κ1) is 12.0. The molecule has 92 valence electrons. The Balaban J connectivity index is 2.17. The van der Waals surface area contributed by atoms with E-state index >= 15 is 0 Å². The van der Waals surface area contributed by atoms with Gasteiger partial charge in [0.05, 0.1) is 11.3 Å². The van der Waals surface area contributed by atoms with Crippen LogP contribution in [0.1, 0.15) is 6.42 Å². The van der Waals surface area contributed by atoms with Crippen LogP contribution in [0.2, 0.25) is 0 Å². The summed E-state index contributed by atoms with van der Waals surface area (Å²) in [4.78, 5) is 0. The van der Waals surface area contributed by atoms with E-state index in [1.54, 1.807) is 0 Å². The number of fused-ring (bicyclic) bond motifs is 1. The van der Waals surface area contributed by atoms with Crippen LogP contribution in [-0.4, -0.2) is 25.0 Å². The lowest BCUT2D eigenvalue weighted by atomic mass is 10.2. The second kappa shape index (κ2) is 4.41. The summed E-state index contributed by atoms with van der Waals surface area (Å²) in [5.74, 6) is 0.217. The molecule has 17 heavy (non-hydrogen) atoms. The van der Waals surface area contributed by atoms with Crippen molar-refractivity contribution in [2.75, 3.05) is 17.7 Å². The summed E-state index contributed by atoms with van der Waals surface area (Å²) in [6, 6.07) is 7.73. The van der Waals surface area contributed by atoms with Gasteiger partial charge in [-0.1, -0.05) is 6.07 Å². The molecule has 2 rings (SSSR count). The van der Waals surface area contributed by atoms with Crippen LogP contribution in [0, 0.1) is 0 Å². The highest BCUT2D eigenvalue weighted by Crippen LogP contribution is 2.22. The molecule has 0 spiro atoms. The van der Waals surface area contributed by atoms with E-state index in [0.29, 0.717) is 13.0 Å². The van der Waals surface area contributed by atoms with Crippen molar-refractivity contribution in [1.82, 2.24) is 4.57 Å². The minimum atomic E-state index is -2.88. The molecule has 0 aliphatic carbocycles. The molecule has 5 heteroatoms. The smallest absolute Gasteiger partial charge is 0.147 e. The Morgan fingerprint density at radius 2 is 2.06 bits per heavy atom. The molecule has 0 unspecified atom stereocenters. The van der Waals surface area contributed by atoms with E-state index in [-0.39, 0.29) is 5.75 Å². The fourth-order valence-corrected chi connectivity index (χ4v) is 2.59. The molecule has 0 aliphatic rings. The number of rotatable bonds is 4. The summed E-state index contributed by atoms with van der Waals surface area (Å²) in [6.07, 6.45) is 3.83. The van der Waals surface area contributed by atoms with Crippen molar-refractivity contribution in [2.24, 2.45) is 0 Å². The first-order valence-corrected chi connectivity index (χ1v) is 7.54. The number of aryl methyl sites for hydroxylation is 1. The van der Waals surface area contributed by atoms with Crippen molar-refractivity contribution >= 4 is 26.4 Å². The molecule has 1 aromatic carbocycles. The number of sulfone groups is 1. The van der Waals surface area contributed by atoms with Gasteiger partial charge in [0.15, 0.2) is 0 Å². The lowest BCUT2D eigenvalue weighted by Crippen LogP contribution is -2.06. The quantitative estimate of drug-likeness (QED) is 0.842. The summed E-state index contributed by atoms with van der Waals surface area (Å²) in [7, 11) is -2.88. The van der Waals surface area contributed by atoms with Crippen LogP contribution < -0.4 is 5.73 Å². The number of hydrogen-bond acceptors (Lipinski definition) is 3. The largest absolute Gasteiger partial charge is 0.398 e. The fraction of sp³-hybridized carbons (Fsp3) is 0.333. The SMILES string of the molecule is CS(=O)(=O)CCCn1ccc2c(N)cccc21. The Morgan fingerprint density at radius 3 is 2.76 bits per heavy atom. The van der Waals surface area contributed by atoms with Gasteiger partial charge in [0.2, 0.25) is 0 Å². The van der Waals surface area contributed by atoms with Crippen molar-refractivity contribution < 1.29 is 8.42 Å². The van der Waals surface area contributed by atoms with Gasteiger partial charge in [0.1, 0.15) is 9.84 Å². The van der Waals surface area contributed by atoms with Gasteiger partial charge in [0.25, 0.3) is 0 Å². The van der Waals surface area contributed by atoms with Crippen molar-refractivity contribution in [1.29, 1.82) is 0 Å². The van der Waals surface area contributed by atoms with Gasteiger partial charge in [-0.05, 0) is 24.6 Å². The van der Waals surface area contributed by atoms with Gasteiger partial charge < -0.3 is 10.3 Å². The molecule has 0 bridgehead atoms. The summed E-state index contributed by atoms with van der Waals surface area (Å²) < 4.78 is 24.1. The van der Waals surface area contributed by atoms with E-state index < -0.39 is 9.84 Å². The molecular weight excluding hydrogens is 236 g/mol. The number of benzene rings is 1. The zero-order chi connectivity index (χ0) is 12.5. The molecule has 0 aliphatic heterocycles. The number of anilines is 1. The summed E-state index contributed by atoms with van der Waals surface area (Å²) in [5, 5.41) is 1.02. The monoisotopic (exact) mass is 252 g/mol. The average Bonchev–Trinajstić information content (AvgIpc) is 2.61. The minimum absolute atomic E-state index is 0.217. The van der Waals surface area contributed by atoms with Crippen LogP contribution in [0.5, 0.6) is 0 Å². The Morgan fingerprint density at radius 1 is 1.29 bits per heavy atom. The Bertz CT molecular complexity index is 629. The lowest BCUT2D eigenvalue weighted by Gasteiger charge is -2.05. The topological polar surface area (TPSA) is 65.1 Å². The zero-order valence-electron chi connectivity index (χ0n) is 9.76. The van der Waals surface area contributed by atoms with Crippen molar-refractivity contribution in [3.63, 3.8) is 0 Å². The van der Waals surface area contributed by atoms with Gasteiger partial charge >= 0.3 is 0 Å². The Labute approximate surface area is 101 Å². The predicted molar refractivity (Wildman–Crippen MR) is 70.7 cm³/mol. The van der Waals surface area contributed by atoms with Crippen LogP contribution in [0.3, 0.4) is 0 Å². The molecule has 0 fully saturated rings. The standard InChI is InChI=1S/C12H16N2O2S/c1-17(15,16)9-3-7-14-8-6-10-11(13)4-2-5-12(10)14/h2,4-6,8H,3,7,9,13H2,1H3. The van der Waals surface area contributed by atoms with Crippen molar-refractivity contribution in [2.45, 2.75) is 13.0 Å². The van der Waals surface area contributed by atoms with E-state index in [4.69, 9.17) is 5.73 Å². The summed E-state index contributed by atoms with van der Waals surface area (Å²) in [6.45, 7) is 0.694. The van der Waals surface area contributed by atoms with E-state index in [2.05, 4.69) is 0 Å². The van der Waals surface area contributed by atoms with Crippen LogP contribution >= 0.6 is 0 Å². The number of nitrogens with zero attached hydrogens (tertiary/aromatic N) is 1. The van der Waals surface area contributed by atoms with E-state index in [9.17, 15) is 8.42 Å². The lowest BCUT2D eigenvalue weighted by molar-refractivity contribution is 0.593. The highest BCUT2D eigenvalue weighted by atomic mass is 32.2. The van der Waals surface area contributed by atoms with Gasteiger partial charge in [-0.3, -0.25) is 0 Å². The second-order valence-corrected chi connectivity index (χ2v) is 6.53. The highest BCUT2D eigenvalue weighted by molar-refractivity contribution is 7.90. The van der Waals surface area contributed by atoms with Crippen LogP contribution in [0.25, 0.3) is 10.9 Å². The second-order valence-electron chi connectivity index (χ2n) is 4.27. The first-order chi connectivity index (χ1) is 7.97. The zero-order valence-corrected chi connectivity index (χ0v) is 10.6. The third-order valence-electron chi connectivity index (χ3n) is 2.76. The molecular formula is C12H16N2O2S. The van der Waals surface area contributed by atoms with Gasteiger partial charge in [-0.25, -0.2) is 8.42 Å². The molecule has 1 aromatic heterocycles. The summed E-state index contributed by atoms with van der Waals surface area (Å²) in [5.41, 5.74) is 7.67. The molecule has 2 aromatic rings. The number of hydrogen-bond donors (Lipinski definition) is 1. The molecule has 1 heterocycles. The first-order valence-electron chi connectivity index (χ1n) is 5.48. The Kier molecular flexibility index (Phi) is 3.11. The van der Waals surface area contributed by atoms with E-state index in [1.165, 1.54) is 6.26 Å². The molecule has 0 saturated heterocycles. The number of nitrogen functional groups attached to an aromatic ring is 1. The Hall–Kier alpha value is -1.49. The maximum atomic E-state index is 11.0. The molecule has 4 nitrogen and oxygen atoms in total. The molecule has 0 saturated carbocycles. The molecule has 2 N–H and O–H groups in total. The molecule has 0 amide bonds. The van der Waals surface area contributed by atoms with Gasteiger partial charge in [-0.2, -0.15) is 0 Å². The van der Waals surface area contributed by atoms with Gasteiger partial charge in [0, 0.05) is 30.1 Å². The maximum absolute atomic E-state index is 11.0. The molecule has 0 atom stereocenters. The van der Waals surface area contributed by atoms with Crippen LogP contribution in [0.15, 0.2) is 30.5 Å². The third-order valence-corrected chi connectivity index (χ3v) is 3.79. The van der Waals surface area contributed by atoms with E-state index in [0.717, 1.165) is 16.6 Å². The van der Waals surface area contributed by atoms with Crippen molar-refractivity contribution in [3.05, 3.63) is 30.5 Å². The van der Waals surface area contributed by atoms with Crippen LogP contribution in [0.4, 0.5) is 5.69 Å². The number of nitrogens with two attached hydrogens (primary N) is 1. The average molecular weight is 252 g/mol. The normalized spacial score (nSPS) is 12.1. The van der Waals surface area contributed by atoms with Crippen molar-refractivity contribution in [3.8, 4) is 0 Å². The van der Waals surface area contributed by atoms with Gasteiger partial charge in [-0.15, -0.1) is 0 Å². The fourth-order valence-electron chi connectivity index (χ4n) is 1.94. The highest BCUT2D eigenvalue weighted by Gasteiger charge is 2.05. The van der Waals surface area contributed by atoms with E-state index in [1.807, 2.05) is 35.0 Å². The third kappa shape index (κ3) is 2.79. The molecule has 0 radical (unpaired) electrons. The number of aromatic nitrogens is 1. The van der Waals surface area contributed by atoms with Crippen LogP contribution in [-0.2, 0) is 16.4 Å². The minimum Gasteiger partial charge on any atom is -0.398 e. The summed E-state index contributed by atoms with van der Waals surface area (Å²) >= 11 is 0.